The van der Waals surface area contributed by atoms with Gasteiger partial charge in [-0.2, -0.15) is 0 Å². The van der Waals surface area contributed by atoms with Gasteiger partial charge in [-0.05, 0) is 37.8 Å². The van der Waals surface area contributed by atoms with E-state index in [-0.39, 0.29) is 10.6 Å². The molecule has 6 heteroatoms. The monoisotopic (exact) mass is 308 g/mol. The molecule has 22 heavy (non-hydrogen) atoms. The second-order valence-corrected chi connectivity index (χ2v) is 5.77. The van der Waals surface area contributed by atoms with E-state index in [1.54, 1.807) is 13.2 Å². The average molecular weight is 308 g/mol. The van der Waals surface area contributed by atoms with E-state index in [4.69, 9.17) is 9.47 Å². The second-order valence-electron chi connectivity index (χ2n) is 5.77. The van der Waals surface area contributed by atoms with E-state index in [0.29, 0.717) is 23.6 Å². The van der Waals surface area contributed by atoms with E-state index >= 15 is 0 Å². The second kappa shape index (κ2) is 7.45. The van der Waals surface area contributed by atoms with Gasteiger partial charge in [0.2, 0.25) is 0 Å². The van der Waals surface area contributed by atoms with Crippen molar-refractivity contribution in [3.05, 3.63) is 27.8 Å². The van der Waals surface area contributed by atoms with Crippen LogP contribution in [0.25, 0.3) is 0 Å². The number of nitrogens with zero attached hydrogens (tertiary/aromatic N) is 2. The quantitative estimate of drug-likeness (QED) is 0.517. The van der Waals surface area contributed by atoms with Crippen molar-refractivity contribution in [1.82, 2.24) is 4.90 Å². The Balaban J connectivity index is 2.27. The Bertz CT molecular complexity index is 529. The summed E-state index contributed by atoms with van der Waals surface area (Å²) in [6, 6.07) is 3.18. The normalized spacial score (nSPS) is 14.2. The lowest BCUT2D eigenvalue weighted by Gasteiger charge is -2.22. The maximum Gasteiger partial charge on any atom is 0.277 e. The highest BCUT2D eigenvalue weighted by Crippen LogP contribution is 2.36. The first-order valence-electron chi connectivity index (χ1n) is 7.70. The van der Waals surface area contributed by atoms with Gasteiger partial charge in [-0.25, -0.2) is 0 Å². The van der Waals surface area contributed by atoms with Gasteiger partial charge in [0.25, 0.3) is 5.69 Å². The topological polar surface area (TPSA) is 64.8 Å². The Morgan fingerprint density at radius 3 is 2.41 bits per heavy atom. The molecule has 0 heterocycles. The third-order valence-electron chi connectivity index (χ3n) is 3.93. The van der Waals surface area contributed by atoms with Crippen LogP contribution in [0.2, 0.25) is 0 Å². The Morgan fingerprint density at radius 2 is 1.91 bits per heavy atom. The van der Waals surface area contributed by atoms with Crippen LogP contribution in [-0.2, 0) is 6.54 Å². The van der Waals surface area contributed by atoms with Crippen LogP contribution >= 0.6 is 0 Å². The molecule has 0 radical (unpaired) electrons. The van der Waals surface area contributed by atoms with Crippen molar-refractivity contribution < 1.29 is 14.4 Å². The zero-order valence-corrected chi connectivity index (χ0v) is 13.5. The molecule has 1 aliphatic rings. The van der Waals surface area contributed by atoms with Gasteiger partial charge >= 0.3 is 0 Å². The number of rotatable bonds is 9. The minimum Gasteiger partial charge on any atom is -0.493 e. The van der Waals surface area contributed by atoms with Gasteiger partial charge in [-0.1, -0.05) is 6.92 Å². The smallest absolute Gasteiger partial charge is 0.277 e. The highest BCUT2D eigenvalue weighted by atomic mass is 16.6. The van der Waals surface area contributed by atoms with Gasteiger partial charge in [0.1, 0.15) is 0 Å². The van der Waals surface area contributed by atoms with E-state index in [1.807, 2.05) is 0 Å². The number of nitro groups is 1. The molecule has 122 valence electrons. The van der Waals surface area contributed by atoms with Gasteiger partial charge in [0, 0.05) is 18.7 Å². The van der Waals surface area contributed by atoms with Crippen LogP contribution in [0.3, 0.4) is 0 Å². The van der Waals surface area contributed by atoms with E-state index in [2.05, 4.69) is 11.8 Å². The Hall–Kier alpha value is -1.82. The molecule has 1 aliphatic carbocycles. The lowest BCUT2D eigenvalue weighted by molar-refractivity contribution is -0.385. The van der Waals surface area contributed by atoms with E-state index in [9.17, 15) is 10.1 Å². The molecule has 1 aromatic rings. The van der Waals surface area contributed by atoms with Gasteiger partial charge in [0.15, 0.2) is 11.5 Å². The molecule has 1 aromatic carbocycles. The van der Waals surface area contributed by atoms with Crippen molar-refractivity contribution in [3.8, 4) is 11.5 Å². The molecule has 0 unspecified atom stereocenters. The third kappa shape index (κ3) is 4.10. The average Bonchev–Trinajstić information content (AvgIpc) is 3.30. The fourth-order valence-electron chi connectivity index (χ4n) is 2.66. The van der Waals surface area contributed by atoms with Crippen LogP contribution < -0.4 is 9.47 Å². The summed E-state index contributed by atoms with van der Waals surface area (Å²) in [6.45, 7) is 4.66. The van der Waals surface area contributed by atoms with E-state index < -0.39 is 0 Å². The lowest BCUT2D eigenvalue weighted by atomic mass is 10.1. The van der Waals surface area contributed by atoms with Crippen LogP contribution in [0.15, 0.2) is 12.1 Å². The van der Waals surface area contributed by atoms with Crippen LogP contribution in [0.5, 0.6) is 11.5 Å². The SMILES string of the molecule is CCCN(Cc1cc(OC)c(OC)cc1[N+](=O)[O-])CC1CC1. The molecule has 0 spiro atoms. The van der Waals surface area contributed by atoms with Crippen LogP contribution in [0, 0.1) is 16.0 Å². The Labute approximate surface area is 131 Å². The summed E-state index contributed by atoms with van der Waals surface area (Å²) < 4.78 is 10.4. The summed E-state index contributed by atoms with van der Waals surface area (Å²) in [7, 11) is 3.03. The molecular formula is C16H24N2O4. The number of methoxy groups -OCH3 is 2. The van der Waals surface area contributed by atoms with Crippen molar-refractivity contribution >= 4 is 5.69 Å². The summed E-state index contributed by atoms with van der Waals surface area (Å²) in [5.41, 5.74) is 0.770. The summed E-state index contributed by atoms with van der Waals surface area (Å²) in [6.07, 6.45) is 3.58. The largest absolute Gasteiger partial charge is 0.493 e. The molecule has 1 saturated carbocycles. The standard InChI is InChI=1S/C16H24N2O4/c1-4-7-17(10-12-5-6-12)11-13-8-15(21-2)16(22-3)9-14(13)18(19)20/h8-9,12H,4-7,10-11H2,1-3H3. The molecule has 1 fully saturated rings. The fourth-order valence-corrected chi connectivity index (χ4v) is 2.66. The summed E-state index contributed by atoms with van der Waals surface area (Å²) >= 11 is 0. The maximum atomic E-state index is 11.4. The van der Waals surface area contributed by atoms with Gasteiger partial charge < -0.3 is 9.47 Å². The molecule has 0 N–H and O–H groups in total. The van der Waals surface area contributed by atoms with Crippen molar-refractivity contribution in [2.24, 2.45) is 5.92 Å². The number of nitro benzene ring substituents is 1. The minimum absolute atomic E-state index is 0.0922. The number of benzene rings is 1. The zero-order chi connectivity index (χ0) is 16.1. The predicted octanol–water partition coefficient (Wildman–Crippen LogP) is 3.23. The Kier molecular flexibility index (Phi) is 5.60. The highest BCUT2D eigenvalue weighted by Gasteiger charge is 2.26. The fraction of sp³-hybridized carbons (Fsp3) is 0.625. The van der Waals surface area contributed by atoms with Crippen molar-refractivity contribution in [2.45, 2.75) is 32.7 Å². The lowest BCUT2D eigenvalue weighted by Crippen LogP contribution is -2.26. The molecule has 0 amide bonds. The number of ether oxygens (including phenoxy) is 2. The first kappa shape index (κ1) is 16.5. The number of hydrogen-bond donors (Lipinski definition) is 0. The summed E-state index contributed by atoms with van der Waals surface area (Å²) in [5.74, 6) is 1.68. The first-order chi connectivity index (χ1) is 10.6. The minimum atomic E-state index is -0.349. The Morgan fingerprint density at radius 1 is 1.27 bits per heavy atom. The molecule has 0 aromatic heterocycles. The van der Waals surface area contributed by atoms with Crippen molar-refractivity contribution in [2.75, 3.05) is 27.3 Å². The summed E-state index contributed by atoms with van der Waals surface area (Å²) in [4.78, 5) is 13.3. The zero-order valence-electron chi connectivity index (χ0n) is 13.5. The van der Waals surface area contributed by atoms with Gasteiger partial charge in [-0.15, -0.1) is 0 Å². The van der Waals surface area contributed by atoms with Gasteiger partial charge in [-0.3, -0.25) is 15.0 Å². The molecule has 0 atom stereocenters. The van der Waals surface area contributed by atoms with Crippen LogP contribution in [0.1, 0.15) is 31.7 Å². The molecule has 6 nitrogen and oxygen atoms in total. The third-order valence-corrected chi connectivity index (χ3v) is 3.93. The molecule has 2 rings (SSSR count). The summed E-state index contributed by atoms with van der Waals surface area (Å²) in [5, 5.41) is 11.4. The van der Waals surface area contributed by atoms with Crippen LogP contribution in [-0.4, -0.2) is 37.1 Å². The molecule has 0 saturated heterocycles. The first-order valence-corrected chi connectivity index (χ1v) is 7.70. The maximum absolute atomic E-state index is 11.4. The van der Waals surface area contributed by atoms with E-state index in [0.717, 1.165) is 25.4 Å². The van der Waals surface area contributed by atoms with Crippen molar-refractivity contribution in [3.63, 3.8) is 0 Å². The number of hydrogen-bond acceptors (Lipinski definition) is 5. The molecular weight excluding hydrogens is 284 g/mol. The van der Waals surface area contributed by atoms with Gasteiger partial charge in [0.05, 0.1) is 25.2 Å². The molecule has 0 aliphatic heterocycles. The van der Waals surface area contributed by atoms with Crippen molar-refractivity contribution in [1.29, 1.82) is 0 Å². The van der Waals surface area contributed by atoms with Crippen LogP contribution in [0.4, 0.5) is 5.69 Å². The highest BCUT2D eigenvalue weighted by molar-refractivity contribution is 5.54. The predicted molar refractivity (Wildman–Crippen MR) is 84.5 cm³/mol. The molecule has 0 bridgehead atoms. The van der Waals surface area contributed by atoms with E-state index in [1.165, 1.54) is 26.0 Å².